The molecule has 2 rings (SSSR count). The second kappa shape index (κ2) is 7.20. The van der Waals surface area contributed by atoms with Gasteiger partial charge < -0.3 is 15.8 Å². The van der Waals surface area contributed by atoms with Gasteiger partial charge in [0.1, 0.15) is 5.75 Å². The first-order valence-electron chi connectivity index (χ1n) is 6.28. The Bertz CT molecular complexity index is 630. The molecule has 2 aromatic rings. The first-order valence-corrected chi connectivity index (χ1v) is 7.04. The van der Waals surface area contributed by atoms with Crippen LogP contribution in [0, 0.1) is 0 Å². The van der Waals surface area contributed by atoms with Gasteiger partial charge in [0.25, 0.3) is 0 Å². The van der Waals surface area contributed by atoms with Crippen LogP contribution in [-0.4, -0.2) is 12.5 Å². The highest BCUT2D eigenvalue weighted by molar-refractivity contribution is 6.43. The van der Waals surface area contributed by atoms with E-state index in [1.54, 1.807) is 42.5 Å². The fourth-order valence-electron chi connectivity index (χ4n) is 1.64. The van der Waals surface area contributed by atoms with Crippen LogP contribution >= 0.6 is 23.2 Å². The Morgan fingerprint density at radius 1 is 1.14 bits per heavy atom. The lowest BCUT2D eigenvalue weighted by Crippen LogP contribution is -2.15. The van der Waals surface area contributed by atoms with Gasteiger partial charge in [-0.1, -0.05) is 29.3 Å². The van der Waals surface area contributed by atoms with Crippen molar-refractivity contribution in [2.45, 2.75) is 6.42 Å². The first-order chi connectivity index (χ1) is 10.1. The fourth-order valence-corrected chi connectivity index (χ4v) is 1.99. The molecule has 4 nitrogen and oxygen atoms in total. The second-order valence-electron chi connectivity index (χ2n) is 4.32. The summed E-state index contributed by atoms with van der Waals surface area (Å²) in [6, 6.07) is 12.0. The van der Waals surface area contributed by atoms with E-state index in [1.165, 1.54) is 0 Å². The monoisotopic (exact) mass is 324 g/mol. The number of hydrogen-bond acceptors (Lipinski definition) is 3. The number of anilines is 2. The van der Waals surface area contributed by atoms with E-state index in [9.17, 15) is 4.79 Å². The Hall–Kier alpha value is -1.91. The van der Waals surface area contributed by atoms with Gasteiger partial charge in [0.2, 0.25) is 5.91 Å². The minimum atomic E-state index is -0.199. The minimum Gasteiger partial charge on any atom is -0.493 e. The summed E-state index contributed by atoms with van der Waals surface area (Å²) in [5.41, 5.74) is 6.72. The van der Waals surface area contributed by atoms with Crippen molar-refractivity contribution in [2.24, 2.45) is 0 Å². The molecule has 0 atom stereocenters. The number of benzene rings is 2. The van der Waals surface area contributed by atoms with Gasteiger partial charge >= 0.3 is 0 Å². The van der Waals surface area contributed by atoms with Gasteiger partial charge in [-0.3, -0.25) is 4.79 Å². The molecule has 0 heterocycles. The fraction of sp³-hybridized carbons (Fsp3) is 0.133. The molecule has 0 saturated heterocycles. The Morgan fingerprint density at radius 3 is 2.57 bits per heavy atom. The molecule has 0 aliphatic heterocycles. The summed E-state index contributed by atoms with van der Waals surface area (Å²) in [4.78, 5) is 11.8. The van der Waals surface area contributed by atoms with Crippen LogP contribution in [0.2, 0.25) is 10.0 Å². The summed E-state index contributed by atoms with van der Waals surface area (Å²) < 4.78 is 5.45. The van der Waals surface area contributed by atoms with Gasteiger partial charge in [0.15, 0.2) is 0 Å². The van der Waals surface area contributed by atoms with E-state index in [0.717, 1.165) is 0 Å². The van der Waals surface area contributed by atoms with Crippen molar-refractivity contribution >= 4 is 40.5 Å². The molecule has 0 bridgehead atoms. The molecule has 0 aliphatic carbocycles. The predicted molar refractivity (Wildman–Crippen MR) is 86.1 cm³/mol. The number of nitrogen functional groups attached to an aromatic ring is 1. The number of hydrogen-bond donors (Lipinski definition) is 2. The van der Waals surface area contributed by atoms with E-state index >= 15 is 0 Å². The Morgan fingerprint density at radius 2 is 1.86 bits per heavy atom. The van der Waals surface area contributed by atoms with Crippen LogP contribution in [0.25, 0.3) is 0 Å². The smallest absolute Gasteiger partial charge is 0.227 e. The van der Waals surface area contributed by atoms with Crippen molar-refractivity contribution in [3.05, 3.63) is 52.5 Å². The summed E-state index contributed by atoms with van der Waals surface area (Å²) in [5.74, 6) is 0.465. The van der Waals surface area contributed by atoms with E-state index < -0.39 is 0 Å². The lowest BCUT2D eigenvalue weighted by Gasteiger charge is -2.09. The van der Waals surface area contributed by atoms with E-state index in [4.69, 9.17) is 33.7 Å². The Kier molecular flexibility index (Phi) is 5.31. The molecular weight excluding hydrogens is 311 g/mol. The molecule has 0 radical (unpaired) electrons. The molecule has 21 heavy (non-hydrogen) atoms. The second-order valence-corrected chi connectivity index (χ2v) is 5.10. The number of rotatable bonds is 5. The minimum absolute atomic E-state index is 0.199. The van der Waals surface area contributed by atoms with E-state index in [2.05, 4.69) is 5.32 Å². The zero-order chi connectivity index (χ0) is 15.2. The molecule has 0 aromatic heterocycles. The van der Waals surface area contributed by atoms with Crippen molar-refractivity contribution < 1.29 is 9.53 Å². The standard InChI is InChI=1S/C15H14Cl2N2O2/c16-12-2-1-3-13(15(12)17)19-14(20)8-9-21-11-6-4-10(18)5-7-11/h1-7H,8-9,18H2,(H,19,20). The van der Waals surface area contributed by atoms with Crippen molar-refractivity contribution in [2.75, 3.05) is 17.7 Å². The SMILES string of the molecule is Nc1ccc(OCCC(=O)Nc2cccc(Cl)c2Cl)cc1. The van der Waals surface area contributed by atoms with Crippen molar-refractivity contribution in [3.8, 4) is 5.75 Å². The average molecular weight is 325 g/mol. The molecule has 0 spiro atoms. The van der Waals surface area contributed by atoms with E-state index in [-0.39, 0.29) is 18.9 Å². The Labute approximate surface area is 132 Å². The van der Waals surface area contributed by atoms with Gasteiger partial charge in [0, 0.05) is 5.69 Å². The zero-order valence-corrected chi connectivity index (χ0v) is 12.6. The van der Waals surface area contributed by atoms with E-state index in [1.807, 2.05) is 0 Å². The lowest BCUT2D eigenvalue weighted by atomic mass is 10.3. The molecule has 0 saturated carbocycles. The normalized spacial score (nSPS) is 10.2. The molecule has 3 N–H and O–H groups in total. The number of ether oxygens (including phenoxy) is 1. The van der Waals surface area contributed by atoms with Crippen LogP contribution in [-0.2, 0) is 4.79 Å². The average Bonchev–Trinajstić information content (AvgIpc) is 2.46. The molecule has 1 amide bonds. The number of carbonyl (C=O) groups is 1. The van der Waals surface area contributed by atoms with Crippen LogP contribution in [0.3, 0.4) is 0 Å². The van der Waals surface area contributed by atoms with Crippen molar-refractivity contribution in [1.29, 1.82) is 0 Å². The van der Waals surface area contributed by atoms with Crippen LogP contribution in [0.4, 0.5) is 11.4 Å². The van der Waals surface area contributed by atoms with Gasteiger partial charge in [-0.25, -0.2) is 0 Å². The maximum atomic E-state index is 11.8. The summed E-state index contributed by atoms with van der Waals surface area (Å²) >= 11 is 11.9. The summed E-state index contributed by atoms with van der Waals surface area (Å²) in [7, 11) is 0. The molecule has 0 aliphatic rings. The van der Waals surface area contributed by atoms with Gasteiger partial charge in [-0.15, -0.1) is 0 Å². The zero-order valence-electron chi connectivity index (χ0n) is 11.1. The topological polar surface area (TPSA) is 64.3 Å². The third kappa shape index (κ3) is 4.55. The number of halogens is 2. The highest BCUT2D eigenvalue weighted by Crippen LogP contribution is 2.29. The third-order valence-electron chi connectivity index (χ3n) is 2.70. The summed E-state index contributed by atoms with van der Waals surface area (Å²) in [6.45, 7) is 0.258. The molecule has 6 heteroatoms. The highest BCUT2D eigenvalue weighted by Gasteiger charge is 2.08. The highest BCUT2D eigenvalue weighted by atomic mass is 35.5. The number of amides is 1. The lowest BCUT2D eigenvalue weighted by molar-refractivity contribution is -0.116. The van der Waals surface area contributed by atoms with Gasteiger partial charge in [-0.05, 0) is 36.4 Å². The number of carbonyl (C=O) groups excluding carboxylic acids is 1. The van der Waals surface area contributed by atoms with Crippen LogP contribution in [0.5, 0.6) is 5.75 Å². The number of nitrogens with two attached hydrogens (primary N) is 1. The third-order valence-corrected chi connectivity index (χ3v) is 3.52. The van der Waals surface area contributed by atoms with Crippen LogP contribution < -0.4 is 15.8 Å². The molecule has 0 fully saturated rings. The molecule has 2 aromatic carbocycles. The van der Waals surface area contributed by atoms with Crippen molar-refractivity contribution in [1.82, 2.24) is 0 Å². The maximum absolute atomic E-state index is 11.8. The number of nitrogens with one attached hydrogen (secondary N) is 1. The molecule has 110 valence electrons. The van der Waals surface area contributed by atoms with Crippen LogP contribution in [0.15, 0.2) is 42.5 Å². The van der Waals surface area contributed by atoms with Gasteiger partial charge in [-0.2, -0.15) is 0 Å². The largest absolute Gasteiger partial charge is 0.493 e. The molecule has 0 unspecified atom stereocenters. The van der Waals surface area contributed by atoms with E-state index in [0.29, 0.717) is 27.2 Å². The maximum Gasteiger partial charge on any atom is 0.227 e. The summed E-state index contributed by atoms with van der Waals surface area (Å²) in [6.07, 6.45) is 0.202. The quantitative estimate of drug-likeness (QED) is 0.817. The predicted octanol–water partition coefficient (Wildman–Crippen LogP) is 3.98. The van der Waals surface area contributed by atoms with Crippen molar-refractivity contribution in [3.63, 3.8) is 0 Å². The Balaban J connectivity index is 1.82. The van der Waals surface area contributed by atoms with Gasteiger partial charge in [0.05, 0.1) is 28.8 Å². The first kappa shape index (κ1) is 15.5. The molecular formula is C15H14Cl2N2O2. The summed E-state index contributed by atoms with van der Waals surface area (Å²) in [5, 5.41) is 3.41. The van der Waals surface area contributed by atoms with Crippen LogP contribution in [0.1, 0.15) is 6.42 Å².